The number of Topliss-reactive ketones (excluding diaryl/α,β-unsaturated/α-hetero) is 1. The molecule has 1 saturated carbocycles. The highest BCUT2D eigenvalue weighted by molar-refractivity contribution is 5.95. The second kappa shape index (κ2) is 7.23. The monoisotopic (exact) mass is 307 g/mol. The van der Waals surface area contributed by atoms with Gasteiger partial charge in [-0.15, -0.1) is 0 Å². The molecule has 1 N–H and O–H groups in total. The number of carbonyl (C=O) groups is 2. The first-order chi connectivity index (χ1) is 11.3. The fourth-order valence-electron chi connectivity index (χ4n) is 3.25. The van der Waals surface area contributed by atoms with Crippen molar-refractivity contribution in [1.29, 1.82) is 0 Å². The predicted octanol–water partition coefficient (Wildman–Crippen LogP) is 3.92. The Kier molecular flexibility index (Phi) is 4.86. The van der Waals surface area contributed by atoms with Gasteiger partial charge in [-0.05, 0) is 30.5 Å². The molecule has 3 rings (SSSR count). The first-order valence-corrected chi connectivity index (χ1v) is 8.19. The Bertz CT molecular complexity index is 667. The minimum Gasteiger partial charge on any atom is -0.345 e. The zero-order chi connectivity index (χ0) is 16.1. The van der Waals surface area contributed by atoms with Crippen molar-refractivity contribution in [2.45, 2.75) is 31.7 Å². The van der Waals surface area contributed by atoms with Gasteiger partial charge in [-0.2, -0.15) is 0 Å². The minimum absolute atomic E-state index is 0.126. The molecule has 1 amide bonds. The molecule has 1 aliphatic rings. The van der Waals surface area contributed by atoms with E-state index in [0.29, 0.717) is 12.0 Å². The summed E-state index contributed by atoms with van der Waals surface area (Å²) < 4.78 is 0. The molecule has 2 aromatic carbocycles. The Morgan fingerprint density at radius 1 is 0.957 bits per heavy atom. The highest BCUT2D eigenvalue weighted by atomic mass is 16.2. The lowest BCUT2D eigenvalue weighted by Crippen LogP contribution is -2.38. The van der Waals surface area contributed by atoms with Crippen LogP contribution in [0.3, 0.4) is 0 Å². The Labute approximate surface area is 136 Å². The van der Waals surface area contributed by atoms with Crippen molar-refractivity contribution in [3.8, 4) is 0 Å². The average molecular weight is 307 g/mol. The van der Waals surface area contributed by atoms with Crippen molar-refractivity contribution >= 4 is 11.7 Å². The van der Waals surface area contributed by atoms with Crippen molar-refractivity contribution in [1.82, 2.24) is 5.32 Å². The molecule has 0 spiro atoms. The van der Waals surface area contributed by atoms with Gasteiger partial charge in [0.05, 0.1) is 6.04 Å². The van der Waals surface area contributed by atoms with E-state index in [-0.39, 0.29) is 23.7 Å². The quantitative estimate of drug-likeness (QED) is 0.930. The zero-order valence-electron chi connectivity index (χ0n) is 13.1. The van der Waals surface area contributed by atoms with Crippen LogP contribution in [0.5, 0.6) is 0 Å². The van der Waals surface area contributed by atoms with Gasteiger partial charge < -0.3 is 5.32 Å². The van der Waals surface area contributed by atoms with Gasteiger partial charge in [0.1, 0.15) is 5.78 Å². The number of hydrogen-bond donors (Lipinski definition) is 1. The summed E-state index contributed by atoms with van der Waals surface area (Å²) in [6.45, 7) is 0. The predicted molar refractivity (Wildman–Crippen MR) is 90.1 cm³/mol. The lowest BCUT2D eigenvalue weighted by atomic mass is 9.80. The molecule has 3 nitrogen and oxygen atoms in total. The van der Waals surface area contributed by atoms with E-state index in [1.165, 1.54) is 0 Å². The van der Waals surface area contributed by atoms with E-state index in [4.69, 9.17) is 0 Å². The van der Waals surface area contributed by atoms with Crippen LogP contribution in [-0.4, -0.2) is 11.7 Å². The summed E-state index contributed by atoms with van der Waals surface area (Å²) in [5, 5.41) is 3.09. The SMILES string of the molecule is O=C(NC(c1ccccc1)C1CCCCC1=O)c1ccccc1. The van der Waals surface area contributed by atoms with Crippen molar-refractivity contribution in [3.05, 3.63) is 71.8 Å². The molecule has 0 bridgehead atoms. The summed E-state index contributed by atoms with van der Waals surface area (Å²) >= 11 is 0. The highest BCUT2D eigenvalue weighted by Gasteiger charge is 2.32. The Morgan fingerprint density at radius 3 is 2.26 bits per heavy atom. The van der Waals surface area contributed by atoms with Gasteiger partial charge in [0, 0.05) is 17.9 Å². The molecular formula is C20H21NO2. The summed E-state index contributed by atoms with van der Waals surface area (Å²) in [6, 6.07) is 18.7. The van der Waals surface area contributed by atoms with Gasteiger partial charge >= 0.3 is 0 Å². The maximum Gasteiger partial charge on any atom is 0.251 e. The molecule has 0 radical (unpaired) electrons. The Balaban J connectivity index is 1.86. The molecule has 23 heavy (non-hydrogen) atoms. The van der Waals surface area contributed by atoms with E-state index in [1.807, 2.05) is 48.5 Å². The normalized spacial score (nSPS) is 19.1. The smallest absolute Gasteiger partial charge is 0.251 e. The molecule has 1 fully saturated rings. The molecule has 2 aromatic rings. The second-order valence-electron chi connectivity index (χ2n) is 6.05. The van der Waals surface area contributed by atoms with Crippen LogP contribution in [-0.2, 0) is 4.79 Å². The fourth-order valence-corrected chi connectivity index (χ4v) is 3.25. The molecule has 0 aliphatic heterocycles. The maximum absolute atomic E-state index is 12.6. The van der Waals surface area contributed by atoms with Gasteiger partial charge in [-0.25, -0.2) is 0 Å². The molecule has 118 valence electrons. The van der Waals surface area contributed by atoms with Crippen LogP contribution in [0.4, 0.5) is 0 Å². The molecule has 2 atom stereocenters. The third-order valence-electron chi connectivity index (χ3n) is 4.49. The van der Waals surface area contributed by atoms with E-state index in [0.717, 1.165) is 24.8 Å². The lowest BCUT2D eigenvalue weighted by molar-refractivity contribution is -0.125. The van der Waals surface area contributed by atoms with Gasteiger partial charge in [0.25, 0.3) is 5.91 Å². The first-order valence-electron chi connectivity index (χ1n) is 8.19. The summed E-state index contributed by atoms with van der Waals surface area (Å²) in [6.07, 6.45) is 3.47. The standard InChI is InChI=1S/C20H21NO2/c22-18-14-8-7-13-17(18)19(15-9-3-1-4-10-15)21-20(23)16-11-5-2-6-12-16/h1-6,9-12,17,19H,7-8,13-14H2,(H,21,23). The van der Waals surface area contributed by atoms with E-state index in [2.05, 4.69) is 5.32 Å². The van der Waals surface area contributed by atoms with Crippen LogP contribution >= 0.6 is 0 Å². The number of benzene rings is 2. The fraction of sp³-hybridized carbons (Fsp3) is 0.300. The summed E-state index contributed by atoms with van der Waals surface area (Å²) in [4.78, 5) is 24.9. The van der Waals surface area contributed by atoms with Crippen molar-refractivity contribution in [2.24, 2.45) is 5.92 Å². The summed E-state index contributed by atoms with van der Waals surface area (Å²) in [5.41, 5.74) is 1.62. The Hall–Kier alpha value is -2.42. The molecule has 2 unspecified atom stereocenters. The topological polar surface area (TPSA) is 46.2 Å². The number of rotatable bonds is 4. The van der Waals surface area contributed by atoms with Crippen LogP contribution in [0.2, 0.25) is 0 Å². The molecule has 1 aliphatic carbocycles. The number of carbonyl (C=O) groups excluding carboxylic acids is 2. The number of ketones is 1. The molecular weight excluding hydrogens is 286 g/mol. The third kappa shape index (κ3) is 3.67. The molecule has 0 saturated heterocycles. The van der Waals surface area contributed by atoms with E-state index in [9.17, 15) is 9.59 Å². The molecule has 3 heteroatoms. The highest BCUT2D eigenvalue weighted by Crippen LogP contribution is 2.32. The largest absolute Gasteiger partial charge is 0.345 e. The number of amides is 1. The summed E-state index contributed by atoms with van der Waals surface area (Å²) in [7, 11) is 0. The molecule has 0 heterocycles. The van der Waals surface area contributed by atoms with E-state index >= 15 is 0 Å². The van der Waals surface area contributed by atoms with Crippen molar-refractivity contribution in [3.63, 3.8) is 0 Å². The van der Waals surface area contributed by atoms with Gasteiger partial charge in [0.15, 0.2) is 0 Å². The minimum atomic E-state index is -0.253. The number of nitrogens with one attached hydrogen (secondary N) is 1. The summed E-state index contributed by atoms with van der Waals surface area (Å²) in [5.74, 6) is 0.00936. The number of hydrogen-bond acceptors (Lipinski definition) is 2. The van der Waals surface area contributed by atoms with Crippen LogP contribution in [0.15, 0.2) is 60.7 Å². The van der Waals surface area contributed by atoms with Crippen molar-refractivity contribution in [2.75, 3.05) is 0 Å². The lowest BCUT2D eigenvalue weighted by Gasteiger charge is -2.30. The van der Waals surface area contributed by atoms with Gasteiger partial charge in [0.2, 0.25) is 0 Å². The maximum atomic E-state index is 12.6. The van der Waals surface area contributed by atoms with Crippen LogP contribution in [0, 0.1) is 5.92 Å². The third-order valence-corrected chi connectivity index (χ3v) is 4.49. The van der Waals surface area contributed by atoms with E-state index < -0.39 is 0 Å². The molecule has 0 aromatic heterocycles. The van der Waals surface area contributed by atoms with Gasteiger partial charge in [-0.3, -0.25) is 9.59 Å². The average Bonchev–Trinajstić information content (AvgIpc) is 2.62. The van der Waals surface area contributed by atoms with Gasteiger partial charge in [-0.1, -0.05) is 55.0 Å². The van der Waals surface area contributed by atoms with Crippen LogP contribution in [0.25, 0.3) is 0 Å². The first kappa shape index (κ1) is 15.5. The van der Waals surface area contributed by atoms with Crippen molar-refractivity contribution < 1.29 is 9.59 Å². The zero-order valence-corrected chi connectivity index (χ0v) is 13.1. The van der Waals surface area contributed by atoms with Crippen LogP contribution < -0.4 is 5.32 Å². The van der Waals surface area contributed by atoms with E-state index in [1.54, 1.807) is 12.1 Å². The Morgan fingerprint density at radius 2 is 1.61 bits per heavy atom. The van der Waals surface area contributed by atoms with Crippen LogP contribution in [0.1, 0.15) is 47.6 Å². The second-order valence-corrected chi connectivity index (χ2v) is 6.05.